The molecule has 75 heavy (non-hydrogen) atoms. The molecule has 0 bridgehead atoms. The minimum Gasteiger partial charge on any atom is -0.400 e. The van der Waals surface area contributed by atoms with E-state index in [0.717, 1.165) is 22.2 Å². The summed E-state index contributed by atoms with van der Waals surface area (Å²) >= 11 is 22.7. The first-order chi connectivity index (χ1) is 34.2. The first kappa shape index (κ1) is 68.8. The van der Waals surface area contributed by atoms with E-state index in [9.17, 15) is 22.0 Å². The van der Waals surface area contributed by atoms with Crippen molar-refractivity contribution in [2.24, 2.45) is 0 Å². The number of nitrogen functional groups attached to an aromatic ring is 5. The molecule has 6 rings (SSSR count). The second-order valence-corrected chi connectivity index (χ2v) is 23.0. The van der Waals surface area contributed by atoms with Crippen LogP contribution in [0.5, 0.6) is 0 Å². The molecule has 0 aliphatic carbocycles. The third-order valence-electron chi connectivity index (χ3n) is 11.8. The molecule has 5 aromatic carbocycles. The molecule has 1 aliphatic rings. The number of benzene rings is 5. The van der Waals surface area contributed by atoms with Crippen molar-refractivity contribution in [3.05, 3.63) is 166 Å². The Labute approximate surface area is 475 Å². The van der Waals surface area contributed by atoms with Crippen LogP contribution in [0.1, 0.15) is 161 Å². The zero-order valence-electron chi connectivity index (χ0n) is 45.7. The summed E-state index contributed by atoms with van der Waals surface area (Å²) in [6.45, 7) is 40.9. The quantitative estimate of drug-likeness (QED) is 0.0358. The van der Waals surface area contributed by atoms with E-state index in [2.05, 4.69) is 79.3 Å². The highest BCUT2D eigenvalue weighted by Gasteiger charge is 2.51. The maximum atomic E-state index is 13.7. The van der Waals surface area contributed by atoms with Crippen molar-refractivity contribution in [1.29, 1.82) is 0 Å². The normalized spacial score (nSPS) is 13.1. The predicted molar refractivity (Wildman–Crippen MR) is 321 cm³/mol. The van der Waals surface area contributed by atoms with E-state index in [1.807, 2.05) is 62.3 Å². The van der Waals surface area contributed by atoms with Gasteiger partial charge in [-0.3, -0.25) is 0 Å². The Bertz CT molecular complexity index is 2720. The SMILES string of the molecule is C=C(C)B1OC(C)(C)C(C)(C)O1.C=C(C)c1cc(Cl)c(F)c(C(=C)C)c1N.CC(C)c1ccc(F)c(C(C)C)c1N.CC(C)c1ccc(F)c(C(C)C)c1N.Nc1c(Br)cc(Cl)c(F)c1Br.Nc1ccc(Cl)c(F)c1. The van der Waals surface area contributed by atoms with E-state index < -0.39 is 17.5 Å². The lowest BCUT2D eigenvalue weighted by Gasteiger charge is -2.32. The average Bonchev–Trinajstić information content (AvgIpc) is 3.51. The number of hydrogen-bond donors (Lipinski definition) is 5. The third kappa shape index (κ3) is 19.0. The first-order valence-electron chi connectivity index (χ1n) is 23.8. The molecule has 0 spiro atoms. The van der Waals surface area contributed by atoms with Gasteiger partial charge in [0.15, 0.2) is 11.6 Å². The van der Waals surface area contributed by atoms with Crippen molar-refractivity contribution in [1.82, 2.24) is 0 Å². The zero-order valence-corrected chi connectivity index (χ0v) is 51.1. The fraction of sp³-hybridized carbons (Fsp3) is 0.368. The summed E-state index contributed by atoms with van der Waals surface area (Å²) in [5.41, 5.74) is 36.8. The van der Waals surface area contributed by atoms with Gasteiger partial charge in [-0.15, -0.1) is 6.58 Å². The molecule has 5 aromatic rings. The standard InChI is InChI=1S/C12H13ClFN.2C12H18FN.C9H17BO2.C6H3Br2ClFN.C6H5ClFN/c1-6(2)8-5-9(13)11(14)10(7(3)4)12(8)15;2*1-7(2)9-5-6-10(13)11(8(3)4)12(9)14;1-7(2)10-11-8(3,4)9(5,6)12-10;7-2-1-3(9)5(10)4(8)6(2)11;7-5-2-1-4(9)3-6(5)8/h5H,1,3,15H2,2,4H3;2*5-8H,14H2,1-4H3;1H2,2-6H3;1H,11H2;1-3H,9H2. The number of rotatable bonds is 7. The molecular weight excluding hydrogens is 1160 g/mol. The molecular formula is C57H74BBr2Cl3F5N5O2. The van der Waals surface area contributed by atoms with Crippen LogP contribution < -0.4 is 28.7 Å². The van der Waals surface area contributed by atoms with Gasteiger partial charge < -0.3 is 38.0 Å². The Balaban J connectivity index is 0.000000453. The second-order valence-electron chi connectivity index (χ2n) is 20.1. The maximum Gasteiger partial charge on any atom is 0.489 e. The molecule has 1 saturated heterocycles. The van der Waals surface area contributed by atoms with E-state index in [1.165, 1.54) is 36.4 Å². The van der Waals surface area contributed by atoms with Crippen LogP contribution in [0.2, 0.25) is 15.1 Å². The van der Waals surface area contributed by atoms with Crippen LogP contribution >= 0.6 is 66.7 Å². The highest BCUT2D eigenvalue weighted by molar-refractivity contribution is 9.11. The molecule has 412 valence electrons. The molecule has 10 N–H and O–H groups in total. The topological polar surface area (TPSA) is 149 Å². The summed E-state index contributed by atoms with van der Waals surface area (Å²) in [4.78, 5) is 0. The van der Waals surface area contributed by atoms with Crippen LogP contribution in [0.25, 0.3) is 11.1 Å². The minimum absolute atomic E-state index is 0.0398. The summed E-state index contributed by atoms with van der Waals surface area (Å²) in [5.74, 6) is -0.969. The lowest BCUT2D eigenvalue weighted by Crippen LogP contribution is -2.41. The first-order valence-corrected chi connectivity index (χ1v) is 26.5. The van der Waals surface area contributed by atoms with Crippen molar-refractivity contribution >= 4 is 113 Å². The highest BCUT2D eigenvalue weighted by Crippen LogP contribution is 2.39. The summed E-state index contributed by atoms with van der Waals surface area (Å²) in [7, 11) is -0.241. The fourth-order valence-corrected chi connectivity index (χ4v) is 8.87. The molecule has 0 aromatic heterocycles. The Morgan fingerprint density at radius 2 is 0.947 bits per heavy atom. The van der Waals surface area contributed by atoms with Crippen molar-refractivity contribution in [2.75, 3.05) is 28.7 Å². The van der Waals surface area contributed by atoms with Gasteiger partial charge in [0.1, 0.15) is 17.5 Å². The summed E-state index contributed by atoms with van der Waals surface area (Å²) in [6.07, 6.45) is 0. The molecule has 1 aliphatic heterocycles. The van der Waals surface area contributed by atoms with Gasteiger partial charge in [0.05, 0.1) is 36.4 Å². The fourth-order valence-electron chi connectivity index (χ4n) is 6.98. The molecule has 0 amide bonds. The number of hydrogen-bond acceptors (Lipinski definition) is 7. The molecule has 0 unspecified atom stereocenters. The second kappa shape index (κ2) is 29.5. The molecule has 0 atom stereocenters. The van der Waals surface area contributed by atoms with E-state index >= 15 is 0 Å². The van der Waals surface area contributed by atoms with E-state index in [4.69, 9.17) is 72.8 Å². The van der Waals surface area contributed by atoms with Crippen LogP contribution in [-0.4, -0.2) is 18.3 Å². The van der Waals surface area contributed by atoms with Gasteiger partial charge in [0.2, 0.25) is 0 Å². The van der Waals surface area contributed by atoms with E-state index in [-0.39, 0.29) is 66.9 Å². The van der Waals surface area contributed by atoms with Crippen LogP contribution in [0, 0.1) is 29.1 Å². The minimum atomic E-state index is -0.535. The van der Waals surface area contributed by atoms with Crippen LogP contribution in [-0.2, 0) is 9.31 Å². The van der Waals surface area contributed by atoms with Crippen molar-refractivity contribution in [3.8, 4) is 0 Å². The van der Waals surface area contributed by atoms with Crippen LogP contribution in [0.15, 0.2) is 88.8 Å². The summed E-state index contributed by atoms with van der Waals surface area (Å²) in [5, 5.41) is 0.183. The van der Waals surface area contributed by atoms with Gasteiger partial charge in [0.25, 0.3) is 0 Å². The predicted octanol–water partition coefficient (Wildman–Crippen LogP) is 19.3. The lowest BCUT2D eigenvalue weighted by atomic mass is 9.81. The van der Waals surface area contributed by atoms with Gasteiger partial charge in [0, 0.05) is 49.5 Å². The van der Waals surface area contributed by atoms with Gasteiger partial charge in [-0.25, -0.2) is 22.0 Å². The Kier molecular flexibility index (Phi) is 27.1. The molecule has 0 radical (unpaired) electrons. The van der Waals surface area contributed by atoms with Gasteiger partial charge in [-0.05, 0) is 169 Å². The van der Waals surface area contributed by atoms with Crippen molar-refractivity contribution in [3.63, 3.8) is 0 Å². The van der Waals surface area contributed by atoms with Gasteiger partial charge in [-0.1, -0.05) is 121 Å². The summed E-state index contributed by atoms with van der Waals surface area (Å²) in [6, 6.07) is 13.6. The number of nitrogens with two attached hydrogens (primary N) is 5. The highest BCUT2D eigenvalue weighted by atomic mass is 79.9. The molecule has 18 heteroatoms. The molecule has 7 nitrogen and oxygen atoms in total. The van der Waals surface area contributed by atoms with E-state index in [0.29, 0.717) is 67.0 Å². The molecule has 1 heterocycles. The number of anilines is 5. The Morgan fingerprint density at radius 3 is 1.27 bits per heavy atom. The monoisotopic (exact) mass is 1230 g/mol. The van der Waals surface area contributed by atoms with Crippen LogP contribution in [0.3, 0.4) is 0 Å². The number of allylic oxidation sites excluding steroid dienone is 3. The zero-order chi connectivity index (χ0) is 58.5. The average molecular weight is 1230 g/mol. The van der Waals surface area contributed by atoms with E-state index in [1.54, 1.807) is 32.0 Å². The largest absolute Gasteiger partial charge is 0.489 e. The molecule has 0 saturated carbocycles. The smallest absolute Gasteiger partial charge is 0.400 e. The molecule has 1 fully saturated rings. The maximum absolute atomic E-state index is 13.7. The third-order valence-corrected chi connectivity index (χ3v) is 14.1. The summed E-state index contributed by atoms with van der Waals surface area (Å²) < 4.78 is 78.0. The Hall–Kier alpha value is -4.22. The van der Waals surface area contributed by atoms with Crippen molar-refractivity contribution < 1.29 is 31.3 Å². The van der Waals surface area contributed by atoms with Crippen LogP contribution in [0.4, 0.5) is 50.4 Å². The van der Waals surface area contributed by atoms with Crippen molar-refractivity contribution in [2.45, 2.75) is 139 Å². The Morgan fingerprint density at radius 1 is 0.533 bits per heavy atom. The van der Waals surface area contributed by atoms with Gasteiger partial charge in [-0.2, -0.15) is 0 Å². The lowest BCUT2D eigenvalue weighted by molar-refractivity contribution is 0.00578. The van der Waals surface area contributed by atoms with Gasteiger partial charge >= 0.3 is 7.12 Å². The number of halogens is 10.